The van der Waals surface area contributed by atoms with Crippen LogP contribution in [-0.4, -0.2) is 27.8 Å². The van der Waals surface area contributed by atoms with Crippen molar-refractivity contribution in [3.05, 3.63) is 81.8 Å². The van der Waals surface area contributed by atoms with E-state index in [1.54, 1.807) is 17.9 Å². The summed E-state index contributed by atoms with van der Waals surface area (Å²) >= 11 is 0. The van der Waals surface area contributed by atoms with Crippen LogP contribution >= 0.6 is 0 Å². The molecule has 0 bridgehead atoms. The Kier molecular flexibility index (Phi) is 9.45. The normalized spacial score (nSPS) is 11.3. The molecule has 2 heterocycles. The summed E-state index contributed by atoms with van der Waals surface area (Å²) < 4.78 is 7.12. The standard InChI is InChI=1S/C33H40N4O4/c1-7-8-15-37-31-25(13-10-14-34-31)28(23-11-9-12-24(18-23)41-6)30(32(37)39)36-33(40)35-29-26(20(2)3)16-22(19-38)17-27(29)21(4)5/h9-14,16-18,20-21,38H,7-8,15,19H2,1-6H3,(H2,35,36,40). The lowest BCUT2D eigenvalue weighted by atomic mass is 9.90. The quantitative estimate of drug-likeness (QED) is 0.191. The fourth-order valence-electron chi connectivity index (χ4n) is 5.15. The number of hydrogen-bond acceptors (Lipinski definition) is 5. The molecule has 0 atom stereocenters. The number of aryl methyl sites for hydroxylation is 1. The SMILES string of the molecule is CCCCn1c(=O)c(NC(=O)Nc2c(C(C)C)cc(CO)cc2C(C)C)c(-c2cccc(OC)c2)c2cccnc21. The average molecular weight is 557 g/mol. The van der Waals surface area contributed by atoms with Crippen molar-refractivity contribution in [1.29, 1.82) is 0 Å². The number of fused-ring (bicyclic) bond motifs is 1. The van der Waals surface area contributed by atoms with Crippen molar-refractivity contribution >= 4 is 28.4 Å². The summed E-state index contributed by atoms with van der Waals surface area (Å²) in [4.78, 5) is 32.4. The second kappa shape index (κ2) is 13.0. The van der Waals surface area contributed by atoms with Crippen molar-refractivity contribution in [3.8, 4) is 16.9 Å². The van der Waals surface area contributed by atoms with E-state index in [4.69, 9.17) is 4.74 Å². The molecule has 0 unspecified atom stereocenters. The first kappa shape index (κ1) is 29.8. The maximum Gasteiger partial charge on any atom is 0.323 e. The van der Waals surface area contributed by atoms with E-state index in [1.807, 2.05) is 76.2 Å². The minimum absolute atomic E-state index is 0.0851. The molecule has 0 saturated carbocycles. The van der Waals surface area contributed by atoms with Gasteiger partial charge in [0.25, 0.3) is 5.56 Å². The molecule has 2 aromatic heterocycles. The zero-order valence-electron chi connectivity index (χ0n) is 24.7. The molecule has 8 heteroatoms. The molecule has 4 aromatic rings. The van der Waals surface area contributed by atoms with Crippen LogP contribution in [0.5, 0.6) is 5.75 Å². The van der Waals surface area contributed by atoms with Gasteiger partial charge in [-0.3, -0.25) is 9.36 Å². The first-order valence-corrected chi connectivity index (χ1v) is 14.2. The number of rotatable bonds is 10. The van der Waals surface area contributed by atoms with E-state index in [2.05, 4.69) is 22.5 Å². The number of pyridine rings is 2. The number of amides is 2. The molecule has 0 spiro atoms. The fourth-order valence-corrected chi connectivity index (χ4v) is 5.15. The van der Waals surface area contributed by atoms with Gasteiger partial charge in [-0.15, -0.1) is 0 Å². The van der Waals surface area contributed by atoms with Crippen molar-refractivity contribution in [2.45, 2.75) is 72.4 Å². The summed E-state index contributed by atoms with van der Waals surface area (Å²) in [6, 6.07) is 14.5. The molecule has 0 radical (unpaired) electrons. The van der Waals surface area contributed by atoms with Gasteiger partial charge < -0.3 is 20.5 Å². The Morgan fingerprint density at radius 2 is 1.68 bits per heavy atom. The predicted octanol–water partition coefficient (Wildman–Crippen LogP) is 7.26. The van der Waals surface area contributed by atoms with E-state index in [1.165, 1.54) is 0 Å². The maximum atomic E-state index is 14.1. The van der Waals surface area contributed by atoms with E-state index >= 15 is 0 Å². The maximum absolute atomic E-state index is 14.1. The van der Waals surface area contributed by atoms with Crippen LogP contribution in [0.15, 0.2) is 59.5 Å². The first-order valence-electron chi connectivity index (χ1n) is 14.2. The number of aliphatic hydroxyl groups excluding tert-OH is 1. The van der Waals surface area contributed by atoms with Gasteiger partial charge in [0, 0.05) is 29.4 Å². The Labute approximate surface area is 241 Å². The molecule has 0 aliphatic rings. The second-order valence-electron chi connectivity index (χ2n) is 10.9. The van der Waals surface area contributed by atoms with Crippen LogP contribution in [0.3, 0.4) is 0 Å². The van der Waals surface area contributed by atoms with E-state index in [0.29, 0.717) is 29.2 Å². The van der Waals surface area contributed by atoms with Crippen molar-refractivity contribution in [1.82, 2.24) is 9.55 Å². The van der Waals surface area contributed by atoms with Gasteiger partial charge in [0.1, 0.15) is 17.1 Å². The number of unbranched alkanes of at least 4 members (excludes halogenated alkanes) is 1. The summed E-state index contributed by atoms with van der Waals surface area (Å²) in [7, 11) is 1.59. The number of carbonyl (C=O) groups is 1. The molecule has 41 heavy (non-hydrogen) atoms. The molecule has 8 nitrogen and oxygen atoms in total. The van der Waals surface area contributed by atoms with E-state index in [-0.39, 0.29) is 29.7 Å². The first-order chi connectivity index (χ1) is 19.7. The monoisotopic (exact) mass is 556 g/mol. The van der Waals surface area contributed by atoms with Gasteiger partial charge in [-0.05, 0) is 64.8 Å². The number of ether oxygens (including phenoxy) is 1. The molecule has 2 aromatic carbocycles. The third-order valence-electron chi connectivity index (χ3n) is 7.28. The van der Waals surface area contributed by atoms with E-state index in [9.17, 15) is 14.7 Å². The Bertz CT molecular complexity index is 1580. The van der Waals surface area contributed by atoms with Gasteiger partial charge in [0.2, 0.25) is 0 Å². The van der Waals surface area contributed by atoms with E-state index < -0.39 is 6.03 Å². The number of nitrogens with zero attached hydrogens (tertiary/aromatic N) is 2. The largest absolute Gasteiger partial charge is 0.497 e. The number of methoxy groups -OCH3 is 1. The highest BCUT2D eigenvalue weighted by molar-refractivity contribution is 6.07. The van der Waals surface area contributed by atoms with Crippen LogP contribution in [0, 0.1) is 0 Å². The van der Waals surface area contributed by atoms with Gasteiger partial charge in [-0.25, -0.2) is 9.78 Å². The molecular formula is C33H40N4O4. The number of hydrogen-bond donors (Lipinski definition) is 3. The number of aliphatic hydroxyl groups is 1. The number of urea groups is 1. The van der Waals surface area contributed by atoms with Crippen LogP contribution in [0.2, 0.25) is 0 Å². The summed E-state index contributed by atoms with van der Waals surface area (Å²) in [6.07, 6.45) is 3.38. The Morgan fingerprint density at radius 3 is 2.29 bits per heavy atom. The Balaban J connectivity index is 1.90. The number of anilines is 2. The minimum Gasteiger partial charge on any atom is -0.497 e. The lowest BCUT2D eigenvalue weighted by Gasteiger charge is -2.23. The highest BCUT2D eigenvalue weighted by Gasteiger charge is 2.23. The van der Waals surface area contributed by atoms with Gasteiger partial charge in [-0.2, -0.15) is 0 Å². The van der Waals surface area contributed by atoms with Gasteiger partial charge in [0.05, 0.1) is 13.7 Å². The zero-order valence-corrected chi connectivity index (χ0v) is 24.7. The molecule has 0 saturated heterocycles. The van der Waals surface area contributed by atoms with Crippen molar-refractivity contribution in [2.75, 3.05) is 17.7 Å². The molecule has 0 aliphatic heterocycles. The highest BCUT2D eigenvalue weighted by Crippen LogP contribution is 2.36. The number of nitrogens with one attached hydrogen (secondary N) is 2. The lowest BCUT2D eigenvalue weighted by molar-refractivity contribution is 0.262. The van der Waals surface area contributed by atoms with E-state index in [0.717, 1.165) is 40.5 Å². The summed E-state index contributed by atoms with van der Waals surface area (Å²) in [5, 5.41) is 16.6. The van der Waals surface area contributed by atoms with Crippen LogP contribution < -0.4 is 20.9 Å². The zero-order chi connectivity index (χ0) is 29.7. The third-order valence-corrected chi connectivity index (χ3v) is 7.28. The minimum atomic E-state index is -0.517. The lowest BCUT2D eigenvalue weighted by Crippen LogP contribution is -2.30. The van der Waals surface area contributed by atoms with Crippen molar-refractivity contribution in [2.24, 2.45) is 0 Å². The topological polar surface area (TPSA) is 105 Å². The average Bonchev–Trinajstić information content (AvgIpc) is 2.97. The Hall–Kier alpha value is -4.17. The smallest absolute Gasteiger partial charge is 0.323 e. The van der Waals surface area contributed by atoms with Crippen LogP contribution in [0.1, 0.15) is 76.0 Å². The van der Waals surface area contributed by atoms with Gasteiger partial charge in [0.15, 0.2) is 0 Å². The molecule has 0 fully saturated rings. The molecule has 4 rings (SSSR count). The molecular weight excluding hydrogens is 516 g/mol. The fraction of sp³-hybridized carbons (Fsp3) is 0.364. The summed E-state index contributed by atoms with van der Waals surface area (Å²) in [5.41, 5.74) is 5.08. The number of carbonyl (C=O) groups excluding carboxylic acids is 1. The van der Waals surface area contributed by atoms with Crippen molar-refractivity contribution in [3.63, 3.8) is 0 Å². The van der Waals surface area contributed by atoms with Crippen LogP contribution in [0.25, 0.3) is 22.2 Å². The summed E-state index contributed by atoms with van der Waals surface area (Å²) in [5.74, 6) is 0.830. The predicted molar refractivity (Wildman–Crippen MR) is 166 cm³/mol. The molecule has 216 valence electrons. The van der Waals surface area contributed by atoms with Crippen molar-refractivity contribution < 1.29 is 14.6 Å². The number of aromatic nitrogens is 2. The van der Waals surface area contributed by atoms with Crippen LogP contribution in [-0.2, 0) is 13.2 Å². The Morgan fingerprint density at radius 1 is 1.00 bits per heavy atom. The van der Waals surface area contributed by atoms with Gasteiger partial charge >= 0.3 is 6.03 Å². The third kappa shape index (κ3) is 6.28. The second-order valence-corrected chi connectivity index (χ2v) is 10.9. The molecule has 3 N–H and O–H groups in total. The number of benzene rings is 2. The van der Waals surface area contributed by atoms with Gasteiger partial charge in [-0.1, -0.05) is 65.3 Å². The van der Waals surface area contributed by atoms with Crippen LogP contribution in [0.4, 0.5) is 16.2 Å². The molecule has 2 amide bonds. The summed E-state index contributed by atoms with van der Waals surface area (Å²) in [6.45, 7) is 10.7. The molecule has 0 aliphatic carbocycles. The highest BCUT2D eigenvalue weighted by atomic mass is 16.5.